The van der Waals surface area contributed by atoms with Gasteiger partial charge in [0, 0.05) is 0 Å². The van der Waals surface area contributed by atoms with Crippen LogP contribution in [0.3, 0.4) is 0 Å². The fourth-order valence-corrected chi connectivity index (χ4v) is 4.59. The Morgan fingerprint density at radius 1 is 0.559 bits per heavy atom. The minimum Gasteiger partial charge on any atom is -0.748 e. The fraction of sp³-hybridized carbons (Fsp3) is 0.793. The van der Waals surface area contributed by atoms with Gasteiger partial charge in [0.05, 0.1) is 5.75 Å². The van der Waals surface area contributed by atoms with Crippen LogP contribution in [0, 0.1) is 0 Å². The maximum Gasteiger partial charge on any atom is 0.104 e. The number of unbranched alkanes of at least 4 members (excludes halogenated alkanes) is 15. The lowest BCUT2D eigenvalue weighted by Gasteiger charge is -2.27. The molecule has 0 aliphatic carbocycles. The molecule has 0 aromatic rings. The molecule has 0 aromatic heterocycles. The lowest BCUT2D eigenvalue weighted by molar-refractivity contribution is -0.770. The molecule has 0 fully saturated rings. The molecule has 0 heterocycles. The van der Waals surface area contributed by atoms with Gasteiger partial charge in [0.1, 0.15) is 35.3 Å². The first-order valence-corrected chi connectivity index (χ1v) is 15.8. The smallest absolute Gasteiger partial charge is 0.104 e. The van der Waals surface area contributed by atoms with E-state index in [2.05, 4.69) is 57.6 Å². The molecule has 0 N–H and O–H groups in total. The summed E-state index contributed by atoms with van der Waals surface area (Å²) in [5.74, 6) is -0.352. The van der Waals surface area contributed by atoms with E-state index in [1.54, 1.807) is 0 Å². The number of hydrogen-bond donors (Lipinski definition) is 0. The number of hydrogen-bond acceptors (Lipinski definition) is 3. The molecule has 0 saturated heterocycles. The summed E-state index contributed by atoms with van der Waals surface area (Å²) in [5, 5.41) is 0. The molecule has 0 aromatic carbocycles. The highest BCUT2D eigenvalue weighted by atomic mass is 32.2. The second-order valence-corrected chi connectivity index (χ2v) is 11.3. The van der Waals surface area contributed by atoms with E-state index < -0.39 is 10.1 Å². The van der Waals surface area contributed by atoms with Crippen LogP contribution in [0.2, 0.25) is 0 Å². The number of quaternary nitrogens is 1. The van der Waals surface area contributed by atoms with Crippen molar-refractivity contribution in [2.24, 2.45) is 0 Å². The maximum absolute atomic E-state index is 11.5. The van der Waals surface area contributed by atoms with E-state index in [0.717, 1.165) is 38.5 Å². The Bertz CT molecular complexity index is 578. The first kappa shape index (κ1) is 33.1. The molecule has 5 heteroatoms. The third-order valence-corrected chi connectivity index (χ3v) is 6.98. The maximum atomic E-state index is 11.5. The highest BCUT2D eigenvalue weighted by Crippen LogP contribution is 2.17. The van der Waals surface area contributed by atoms with Crippen LogP contribution >= 0.6 is 0 Å². The minimum absolute atomic E-state index is 0.261. The quantitative estimate of drug-likeness (QED) is 0.0759. The first-order chi connectivity index (χ1) is 16.4. The summed E-state index contributed by atoms with van der Waals surface area (Å²) in [5.41, 5.74) is 0. The highest BCUT2D eigenvalue weighted by molar-refractivity contribution is 7.85. The average Bonchev–Trinajstić information content (AvgIpc) is 2.80. The van der Waals surface area contributed by atoms with E-state index >= 15 is 0 Å². The Kier molecular flexibility index (Phi) is 21.9. The molecule has 0 radical (unpaired) electrons. The second kappa shape index (κ2) is 22.5. The fourth-order valence-electron chi connectivity index (χ4n) is 4.05. The molecule has 0 amide bonds. The molecule has 34 heavy (non-hydrogen) atoms. The van der Waals surface area contributed by atoms with Gasteiger partial charge < -0.3 is 4.55 Å². The van der Waals surface area contributed by atoms with Crippen molar-refractivity contribution in [3.8, 4) is 0 Å². The van der Waals surface area contributed by atoms with Crippen molar-refractivity contribution in [2.75, 3.05) is 12.3 Å². The summed E-state index contributed by atoms with van der Waals surface area (Å²) in [6.45, 7) is 6.93. The lowest BCUT2D eigenvalue weighted by atomic mass is 10.1. The molecule has 0 unspecified atom stereocenters. The van der Waals surface area contributed by atoms with E-state index in [4.69, 9.17) is 0 Å². The van der Waals surface area contributed by atoms with Gasteiger partial charge in [0.2, 0.25) is 0 Å². The van der Waals surface area contributed by atoms with Crippen LogP contribution in [0.25, 0.3) is 0 Å². The zero-order valence-electron chi connectivity index (χ0n) is 22.7. The normalized spacial score (nSPS) is 13.2. The van der Waals surface area contributed by atoms with Crippen LogP contribution in [-0.2, 0) is 10.1 Å². The molecule has 4 nitrogen and oxygen atoms in total. The van der Waals surface area contributed by atoms with Crippen molar-refractivity contribution in [3.05, 3.63) is 36.8 Å². The van der Waals surface area contributed by atoms with E-state index in [9.17, 15) is 13.0 Å². The van der Waals surface area contributed by atoms with Crippen LogP contribution < -0.4 is 0 Å². The summed E-state index contributed by atoms with van der Waals surface area (Å²) in [6.07, 6.45) is 34.4. The lowest BCUT2D eigenvalue weighted by Crippen LogP contribution is -2.35. The highest BCUT2D eigenvalue weighted by Gasteiger charge is 2.20. The topological polar surface area (TPSA) is 57.2 Å². The zero-order valence-corrected chi connectivity index (χ0v) is 23.5. The molecule has 200 valence electrons. The first-order valence-electron chi connectivity index (χ1n) is 14.2. The van der Waals surface area contributed by atoms with Crippen molar-refractivity contribution in [1.82, 2.24) is 0 Å². The molecule has 0 aliphatic heterocycles. The Morgan fingerprint density at radius 3 is 1.18 bits per heavy atom. The Hall–Kier alpha value is -0.910. The van der Waals surface area contributed by atoms with Crippen LogP contribution in [0.1, 0.15) is 136 Å². The van der Waals surface area contributed by atoms with Crippen LogP contribution in [0.15, 0.2) is 36.8 Å². The predicted octanol–water partition coefficient (Wildman–Crippen LogP) is 8.97. The predicted molar refractivity (Wildman–Crippen MR) is 147 cm³/mol. The monoisotopic (exact) mass is 497 g/mol. The number of rotatable bonds is 24. The van der Waals surface area contributed by atoms with Crippen molar-refractivity contribution in [3.63, 3.8) is 0 Å². The summed E-state index contributed by atoms with van der Waals surface area (Å²) in [4.78, 5) is 0. The standard InChI is InChI=1S/C29H55NO3S/c1-4-7-10-13-16-19-22-25-30(28-29-34(31,32)33,26-23-20-17-14-11-8-5-2)27-24-21-18-15-12-9-6-3/h22-27H,4-21,28-29H2,1-3H3/b25-22+,26-23+,27-24+. The van der Waals surface area contributed by atoms with E-state index in [-0.39, 0.29) is 12.3 Å². The van der Waals surface area contributed by atoms with Gasteiger partial charge in [0.25, 0.3) is 0 Å². The van der Waals surface area contributed by atoms with Gasteiger partial charge >= 0.3 is 0 Å². The molecule has 0 aliphatic rings. The largest absolute Gasteiger partial charge is 0.748 e. The van der Waals surface area contributed by atoms with Gasteiger partial charge in [0.15, 0.2) is 0 Å². The second-order valence-electron chi connectivity index (χ2n) is 9.74. The average molecular weight is 498 g/mol. The molecule has 0 spiro atoms. The van der Waals surface area contributed by atoms with Crippen molar-refractivity contribution < 1.29 is 17.5 Å². The van der Waals surface area contributed by atoms with Crippen molar-refractivity contribution in [2.45, 2.75) is 136 Å². The molecule has 0 bridgehead atoms. The SMILES string of the molecule is CCCCCCC/C=C/[N+](/C=C/CCCCCCC)(/C=C/CCCCCCC)CCS(=O)(=O)[O-]. The van der Waals surface area contributed by atoms with Gasteiger partial charge in [-0.2, -0.15) is 0 Å². The minimum atomic E-state index is -4.26. The summed E-state index contributed by atoms with van der Waals surface area (Å²) in [7, 11) is -4.26. The Morgan fingerprint density at radius 2 is 0.882 bits per heavy atom. The number of allylic oxidation sites excluding steroid dienone is 3. The molecular weight excluding hydrogens is 442 g/mol. The third kappa shape index (κ3) is 21.6. The van der Waals surface area contributed by atoms with Crippen molar-refractivity contribution in [1.29, 1.82) is 0 Å². The summed E-state index contributed by atoms with van der Waals surface area (Å²) >= 11 is 0. The third-order valence-electron chi connectivity index (χ3n) is 6.30. The Labute approximate surface area is 212 Å². The molecular formula is C29H55NO3S. The Balaban J connectivity index is 5.23. The molecule has 0 rings (SSSR count). The van der Waals surface area contributed by atoms with Crippen LogP contribution in [0.4, 0.5) is 0 Å². The van der Waals surface area contributed by atoms with Gasteiger partial charge in [-0.15, -0.1) is 0 Å². The van der Waals surface area contributed by atoms with Gasteiger partial charge in [-0.3, -0.25) is 0 Å². The summed E-state index contributed by atoms with van der Waals surface area (Å²) < 4.78 is 34.7. The molecule has 0 saturated carbocycles. The van der Waals surface area contributed by atoms with E-state index in [1.807, 2.05) is 0 Å². The van der Waals surface area contributed by atoms with Gasteiger partial charge in [-0.25, -0.2) is 12.9 Å². The van der Waals surface area contributed by atoms with Crippen molar-refractivity contribution >= 4 is 10.1 Å². The van der Waals surface area contributed by atoms with Crippen LogP contribution in [0.5, 0.6) is 0 Å². The van der Waals surface area contributed by atoms with E-state index in [1.165, 1.54) is 77.0 Å². The van der Waals surface area contributed by atoms with E-state index in [0.29, 0.717) is 4.48 Å². The molecule has 0 atom stereocenters. The van der Waals surface area contributed by atoms with Gasteiger partial charge in [-0.1, -0.05) is 97.8 Å². The zero-order chi connectivity index (χ0) is 25.4. The van der Waals surface area contributed by atoms with Crippen LogP contribution in [-0.4, -0.2) is 29.8 Å². The summed E-state index contributed by atoms with van der Waals surface area (Å²) in [6, 6.07) is 0. The number of nitrogens with zero attached hydrogens (tertiary/aromatic N) is 1. The van der Waals surface area contributed by atoms with Gasteiger partial charge in [-0.05, 0) is 56.8 Å².